The van der Waals surface area contributed by atoms with Gasteiger partial charge in [-0.2, -0.15) is 13.2 Å². The van der Waals surface area contributed by atoms with E-state index in [2.05, 4.69) is 15.9 Å². The van der Waals surface area contributed by atoms with Crippen molar-refractivity contribution in [3.8, 4) is 0 Å². The zero-order valence-electron chi connectivity index (χ0n) is 13.6. The lowest BCUT2D eigenvalue weighted by atomic mass is 10.1. The van der Waals surface area contributed by atoms with E-state index in [0.29, 0.717) is 17.6 Å². The SMILES string of the molecule is CC(C)(C)OC(=O)N1CC(OCc2ccc(Br)cc2C(F)(F)F)C1. The predicted molar refractivity (Wildman–Crippen MR) is 85.5 cm³/mol. The van der Waals surface area contributed by atoms with E-state index in [4.69, 9.17) is 9.47 Å². The molecule has 134 valence electrons. The fraction of sp³-hybridized carbons (Fsp3) is 0.562. The normalized spacial score (nSPS) is 16.0. The minimum absolute atomic E-state index is 0.0708. The van der Waals surface area contributed by atoms with Crippen molar-refractivity contribution in [1.29, 1.82) is 0 Å². The van der Waals surface area contributed by atoms with Gasteiger partial charge in [0, 0.05) is 4.47 Å². The number of ether oxygens (including phenoxy) is 2. The number of alkyl halides is 3. The molecule has 0 aromatic heterocycles. The number of hydrogen-bond acceptors (Lipinski definition) is 3. The van der Waals surface area contributed by atoms with Crippen molar-refractivity contribution in [3.05, 3.63) is 33.8 Å². The number of halogens is 4. The van der Waals surface area contributed by atoms with Crippen LogP contribution in [0, 0.1) is 0 Å². The van der Waals surface area contributed by atoms with Gasteiger partial charge in [-0.25, -0.2) is 4.79 Å². The minimum Gasteiger partial charge on any atom is -0.444 e. The molecule has 2 rings (SSSR count). The first kappa shape index (κ1) is 19.1. The summed E-state index contributed by atoms with van der Waals surface area (Å²) in [6.07, 6.45) is -5.17. The van der Waals surface area contributed by atoms with Crippen LogP contribution in [0.25, 0.3) is 0 Å². The maximum atomic E-state index is 13.0. The van der Waals surface area contributed by atoms with E-state index in [0.717, 1.165) is 6.07 Å². The third-order valence-corrected chi connectivity index (χ3v) is 3.84. The molecule has 4 nitrogen and oxygen atoms in total. The van der Waals surface area contributed by atoms with Crippen LogP contribution in [0.15, 0.2) is 22.7 Å². The molecule has 1 aliphatic rings. The van der Waals surface area contributed by atoms with Crippen molar-refractivity contribution in [2.75, 3.05) is 13.1 Å². The van der Waals surface area contributed by atoms with Gasteiger partial charge in [-0.05, 0) is 38.5 Å². The first-order chi connectivity index (χ1) is 11.0. The average Bonchev–Trinajstić information content (AvgIpc) is 2.35. The van der Waals surface area contributed by atoms with Crippen LogP contribution in [0.1, 0.15) is 31.9 Å². The molecule has 24 heavy (non-hydrogen) atoms. The topological polar surface area (TPSA) is 38.8 Å². The summed E-state index contributed by atoms with van der Waals surface area (Å²) >= 11 is 3.04. The van der Waals surface area contributed by atoms with Crippen molar-refractivity contribution < 1.29 is 27.4 Å². The summed E-state index contributed by atoms with van der Waals surface area (Å²) in [6, 6.07) is 3.96. The molecule has 0 bridgehead atoms. The largest absolute Gasteiger partial charge is 0.444 e. The minimum atomic E-state index is -4.44. The van der Waals surface area contributed by atoms with E-state index in [9.17, 15) is 18.0 Å². The zero-order valence-corrected chi connectivity index (χ0v) is 15.2. The molecule has 0 spiro atoms. The van der Waals surface area contributed by atoms with Crippen molar-refractivity contribution in [2.45, 2.75) is 45.3 Å². The van der Waals surface area contributed by atoms with Crippen molar-refractivity contribution >= 4 is 22.0 Å². The Balaban J connectivity index is 1.88. The Morgan fingerprint density at radius 1 is 1.29 bits per heavy atom. The Kier molecular flexibility index (Phi) is 5.49. The average molecular weight is 410 g/mol. The standard InChI is InChI=1S/C16H19BrF3NO3/c1-15(2,3)24-14(22)21-7-12(8-21)23-9-10-4-5-11(17)6-13(10)16(18,19)20/h4-6,12H,7-9H2,1-3H3. The predicted octanol–water partition coefficient (Wildman–Crippen LogP) is 4.60. The quantitative estimate of drug-likeness (QED) is 0.731. The van der Waals surface area contributed by atoms with Crippen LogP contribution < -0.4 is 0 Å². The van der Waals surface area contributed by atoms with Crippen LogP contribution in [-0.2, 0) is 22.3 Å². The van der Waals surface area contributed by atoms with Crippen LogP contribution in [0.3, 0.4) is 0 Å². The molecule has 1 aromatic rings. The molecule has 0 aliphatic carbocycles. The smallest absolute Gasteiger partial charge is 0.416 e. The molecule has 0 N–H and O–H groups in total. The van der Waals surface area contributed by atoms with Gasteiger partial charge in [-0.1, -0.05) is 22.0 Å². The molecule has 1 aromatic carbocycles. The fourth-order valence-corrected chi connectivity index (χ4v) is 2.53. The summed E-state index contributed by atoms with van der Waals surface area (Å²) in [5.41, 5.74) is -1.23. The summed E-state index contributed by atoms with van der Waals surface area (Å²) in [7, 11) is 0. The number of rotatable bonds is 3. The molecule has 1 aliphatic heterocycles. The van der Waals surface area contributed by atoms with E-state index in [1.807, 2.05) is 0 Å². The maximum absolute atomic E-state index is 13.0. The van der Waals surface area contributed by atoms with Gasteiger partial charge in [-0.15, -0.1) is 0 Å². The molecule has 0 atom stereocenters. The molecular formula is C16H19BrF3NO3. The lowest BCUT2D eigenvalue weighted by Crippen LogP contribution is -2.55. The van der Waals surface area contributed by atoms with Gasteiger partial charge in [0.2, 0.25) is 0 Å². The summed E-state index contributed by atoms with van der Waals surface area (Å²) < 4.78 is 50.1. The van der Waals surface area contributed by atoms with Gasteiger partial charge in [0.05, 0.1) is 31.4 Å². The highest BCUT2D eigenvalue weighted by molar-refractivity contribution is 9.10. The Labute approximate surface area is 147 Å². The second-order valence-corrected chi connectivity index (χ2v) is 7.53. The lowest BCUT2D eigenvalue weighted by Gasteiger charge is -2.39. The van der Waals surface area contributed by atoms with E-state index in [1.165, 1.54) is 11.0 Å². The third kappa shape index (κ3) is 5.11. The first-order valence-corrected chi connectivity index (χ1v) is 8.20. The number of nitrogens with zero attached hydrogens (tertiary/aromatic N) is 1. The van der Waals surface area contributed by atoms with Gasteiger partial charge in [-0.3, -0.25) is 0 Å². The molecule has 1 saturated heterocycles. The van der Waals surface area contributed by atoms with Gasteiger partial charge in [0.15, 0.2) is 0 Å². The van der Waals surface area contributed by atoms with Crippen LogP contribution in [0.5, 0.6) is 0 Å². The summed E-state index contributed by atoms with van der Waals surface area (Å²) in [5.74, 6) is 0. The highest BCUT2D eigenvalue weighted by Crippen LogP contribution is 2.34. The number of amides is 1. The monoisotopic (exact) mass is 409 g/mol. The Morgan fingerprint density at radius 2 is 1.92 bits per heavy atom. The number of carbonyl (C=O) groups excluding carboxylic acids is 1. The number of benzene rings is 1. The summed E-state index contributed by atoms with van der Waals surface area (Å²) in [5, 5.41) is 0. The third-order valence-electron chi connectivity index (χ3n) is 3.35. The molecule has 0 unspecified atom stereocenters. The Bertz CT molecular complexity index is 608. The van der Waals surface area contributed by atoms with E-state index in [-0.39, 0.29) is 18.3 Å². The van der Waals surface area contributed by atoms with Gasteiger partial charge in [0.25, 0.3) is 0 Å². The first-order valence-electron chi connectivity index (χ1n) is 7.41. The van der Waals surface area contributed by atoms with Gasteiger partial charge >= 0.3 is 12.3 Å². The lowest BCUT2D eigenvalue weighted by molar-refractivity contribution is -0.139. The second kappa shape index (κ2) is 6.92. The van der Waals surface area contributed by atoms with Crippen LogP contribution >= 0.6 is 15.9 Å². The maximum Gasteiger partial charge on any atom is 0.416 e. The van der Waals surface area contributed by atoms with Crippen LogP contribution in [0.4, 0.5) is 18.0 Å². The zero-order chi connectivity index (χ0) is 18.1. The van der Waals surface area contributed by atoms with E-state index >= 15 is 0 Å². The van der Waals surface area contributed by atoms with Crippen molar-refractivity contribution in [3.63, 3.8) is 0 Å². The van der Waals surface area contributed by atoms with Crippen molar-refractivity contribution in [2.24, 2.45) is 0 Å². The molecule has 0 radical (unpaired) electrons. The van der Waals surface area contributed by atoms with Crippen LogP contribution in [0.2, 0.25) is 0 Å². The molecule has 0 saturated carbocycles. The number of hydrogen-bond donors (Lipinski definition) is 0. The Hall–Kier alpha value is -1.28. The molecule has 8 heteroatoms. The van der Waals surface area contributed by atoms with E-state index in [1.54, 1.807) is 26.8 Å². The Morgan fingerprint density at radius 3 is 2.46 bits per heavy atom. The van der Waals surface area contributed by atoms with Crippen LogP contribution in [-0.4, -0.2) is 35.8 Å². The highest BCUT2D eigenvalue weighted by atomic mass is 79.9. The second-order valence-electron chi connectivity index (χ2n) is 6.62. The van der Waals surface area contributed by atoms with E-state index < -0.39 is 23.4 Å². The van der Waals surface area contributed by atoms with Gasteiger partial charge in [0.1, 0.15) is 5.60 Å². The van der Waals surface area contributed by atoms with Gasteiger partial charge < -0.3 is 14.4 Å². The molecule has 1 fully saturated rings. The summed E-state index contributed by atoms with van der Waals surface area (Å²) in [6.45, 7) is 5.77. The molecular weight excluding hydrogens is 391 g/mol. The number of carbonyl (C=O) groups is 1. The number of likely N-dealkylation sites (tertiary alicyclic amines) is 1. The highest BCUT2D eigenvalue weighted by Gasteiger charge is 2.36. The fourth-order valence-electron chi connectivity index (χ4n) is 2.17. The van der Waals surface area contributed by atoms with Crippen molar-refractivity contribution in [1.82, 2.24) is 4.90 Å². The molecule has 1 amide bonds. The summed E-state index contributed by atoms with van der Waals surface area (Å²) in [4.78, 5) is 13.2. The molecule has 1 heterocycles.